The van der Waals surface area contributed by atoms with Crippen molar-refractivity contribution in [2.45, 2.75) is 51.0 Å². The van der Waals surface area contributed by atoms with E-state index in [1.165, 1.54) is 19.2 Å². The van der Waals surface area contributed by atoms with Crippen molar-refractivity contribution < 1.29 is 21.6 Å². The van der Waals surface area contributed by atoms with Gasteiger partial charge in [0.1, 0.15) is 0 Å². The molecule has 24 heavy (non-hydrogen) atoms. The van der Waals surface area contributed by atoms with Crippen LogP contribution in [0.25, 0.3) is 0 Å². The molecule has 8 heteroatoms. The molecule has 1 aromatic rings. The zero-order valence-corrected chi connectivity index (χ0v) is 16.7. The molecule has 0 aliphatic carbocycles. The molecule has 1 aromatic carbocycles. The van der Waals surface area contributed by atoms with Crippen LogP contribution in [0.1, 0.15) is 40.2 Å². The van der Waals surface area contributed by atoms with Crippen molar-refractivity contribution in [2.75, 3.05) is 12.9 Å². The number of ether oxygens (including phenoxy) is 1. The summed E-state index contributed by atoms with van der Waals surface area (Å²) in [4.78, 5) is -0.0722. The van der Waals surface area contributed by atoms with Gasteiger partial charge in [0, 0.05) is 7.11 Å². The van der Waals surface area contributed by atoms with Crippen molar-refractivity contribution in [1.82, 2.24) is 4.13 Å². The number of benzene rings is 1. The van der Waals surface area contributed by atoms with Gasteiger partial charge in [-0.3, -0.25) is 0 Å². The SMILES string of the molecule is COC(CS(=O)(=O)NS(=O)(=O)c1cccc(C(C)(C)C)c1)C(C)C. The Bertz CT molecular complexity index is 762. The summed E-state index contributed by atoms with van der Waals surface area (Å²) >= 11 is 0. The van der Waals surface area contributed by atoms with Crippen LogP contribution in [0.15, 0.2) is 29.2 Å². The summed E-state index contributed by atoms with van der Waals surface area (Å²) in [5, 5.41) is 0. The second-order valence-electron chi connectivity index (χ2n) is 7.16. The van der Waals surface area contributed by atoms with Crippen LogP contribution in [0, 0.1) is 5.92 Å². The topological polar surface area (TPSA) is 89.5 Å². The van der Waals surface area contributed by atoms with Crippen LogP contribution in [0.4, 0.5) is 0 Å². The minimum absolute atomic E-state index is 0.0569. The molecular formula is C16H27NO5S2. The van der Waals surface area contributed by atoms with Crippen LogP contribution >= 0.6 is 0 Å². The van der Waals surface area contributed by atoms with Gasteiger partial charge in [-0.05, 0) is 29.0 Å². The second-order valence-corrected chi connectivity index (χ2v) is 10.9. The number of rotatable bonds is 7. The molecule has 0 aliphatic heterocycles. The van der Waals surface area contributed by atoms with Gasteiger partial charge in [-0.25, -0.2) is 16.8 Å². The molecule has 1 N–H and O–H groups in total. The van der Waals surface area contributed by atoms with Crippen LogP contribution in [0.2, 0.25) is 0 Å². The van der Waals surface area contributed by atoms with Gasteiger partial charge in [0.2, 0.25) is 10.0 Å². The first-order valence-corrected chi connectivity index (χ1v) is 10.8. The first-order valence-electron chi connectivity index (χ1n) is 7.68. The zero-order chi connectivity index (χ0) is 18.8. The summed E-state index contributed by atoms with van der Waals surface area (Å²) < 4.78 is 56.2. The van der Waals surface area contributed by atoms with E-state index in [0.717, 1.165) is 5.56 Å². The van der Waals surface area contributed by atoms with E-state index in [-0.39, 0.29) is 16.2 Å². The quantitative estimate of drug-likeness (QED) is 0.787. The van der Waals surface area contributed by atoms with E-state index in [9.17, 15) is 16.8 Å². The molecule has 138 valence electrons. The first-order chi connectivity index (χ1) is 10.8. The molecule has 6 nitrogen and oxygen atoms in total. The average molecular weight is 378 g/mol. The normalized spacial score (nSPS) is 14.8. The van der Waals surface area contributed by atoms with E-state index in [2.05, 4.69) is 0 Å². The molecular weight excluding hydrogens is 350 g/mol. The summed E-state index contributed by atoms with van der Waals surface area (Å²) in [5.74, 6) is -0.474. The third-order valence-corrected chi connectivity index (χ3v) is 7.21. The zero-order valence-electron chi connectivity index (χ0n) is 15.0. The predicted molar refractivity (Wildman–Crippen MR) is 94.9 cm³/mol. The van der Waals surface area contributed by atoms with Gasteiger partial charge in [-0.1, -0.05) is 46.8 Å². The molecule has 0 radical (unpaired) electrons. The van der Waals surface area contributed by atoms with E-state index in [0.29, 0.717) is 0 Å². The number of hydrogen-bond acceptors (Lipinski definition) is 5. The molecule has 0 fully saturated rings. The van der Waals surface area contributed by atoms with Gasteiger partial charge in [-0.15, -0.1) is 4.13 Å². The Morgan fingerprint density at radius 1 is 1.12 bits per heavy atom. The lowest BCUT2D eigenvalue weighted by Gasteiger charge is -2.21. The highest BCUT2D eigenvalue weighted by Gasteiger charge is 2.28. The molecule has 0 bridgehead atoms. The summed E-state index contributed by atoms with van der Waals surface area (Å²) in [6, 6.07) is 6.29. The van der Waals surface area contributed by atoms with Crippen LogP contribution in [0.3, 0.4) is 0 Å². The maximum absolute atomic E-state index is 12.4. The van der Waals surface area contributed by atoms with Crippen LogP contribution in [-0.2, 0) is 30.2 Å². The van der Waals surface area contributed by atoms with Crippen molar-refractivity contribution in [1.29, 1.82) is 0 Å². The van der Waals surface area contributed by atoms with Gasteiger partial charge in [-0.2, -0.15) is 0 Å². The van der Waals surface area contributed by atoms with E-state index < -0.39 is 31.9 Å². The fraction of sp³-hybridized carbons (Fsp3) is 0.625. The van der Waals surface area contributed by atoms with Crippen LogP contribution in [-0.4, -0.2) is 35.8 Å². The third-order valence-electron chi connectivity index (χ3n) is 3.68. The smallest absolute Gasteiger partial charge is 0.253 e. The van der Waals surface area contributed by atoms with Crippen molar-refractivity contribution in [3.63, 3.8) is 0 Å². The lowest BCUT2D eigenvalue weighted by atomic mass is 9.87. The molecule has 0 saturated heterocycles. The predicted octanol–water partition coefficient (Wildman–Crippen LogP) is 2.26. The molecule has 1 unspecified atom stereocenters. The maximum Gasteiger partial charge on any atom is 0.253 e. The van der Waals surface area contributed by atoms with Gasteiger partial charge in [0.15, 0.2) is 0 Å². The van der Waals surface area contributed by atoms with Gasteiger partial charge >= 0.3 is 0 Å². The number of methoxy groups -OCH3 is 1. The monoisotopic (exact) mass is 377 g/mol. The molecule has 0 aliphatic rings. The van der Waals surface area contributed by atoms with E-state index in [1.54, 1.807) is 6.07 Å². The molecule has 0 aromatic heterocycles. The molecule has 0 amide bonds. The van der Waals surface area contributed by atoms with E-state index in [4.69, 9.17) is 4.74 Å². The molecule has 0 saturated carbocycles. The fourth-order valence-corrected chi connectivity index (χ4v) is 5.62. The standard InChI is InChI=1S/C16H27NO5S2/c1-12(2)15(22-6)11-23(18,19)17-24(20,21)14-9-7-8-13(10-14)16(3,4)5/h7-10,12,15,17H,11H2,1-6H3. The van der Waals surface area contributed by atoms with Crippen molar-refractivity contribution in [3.8, 4) is 0 Å². The second kappa shape index (κ2) is 7.51. The average Bonchev–Trinajstić information content (AvgIpc) is 2.42. The number of hydrogen-bond donors (Lipinski definition) is 1. The van der Waals surface area contributed by atoms with Crippen LogP contribution in [0.5, 0.6) is 0 Å². The van der Waals surface area contributed by atoms with E-state index in [1.807, 2.05) is 44.8 Å². The Hall–Kier alpha value is -0.960. The Morgan fingerprint density at radius 3 is 2.17 bits per heavy atom. The highest BCUT2D eigenvalue weighted by Crippen LogP contribution is 2.24. The first kappa shape index (κ1) is 21.1. The Balaban J connectivity index is 3.10. The molecule has 1 rings (SSSR count). The molecule has 0 spiro atoms. The van der Waals surface area contributed by atoms with Crippen LogP contribution < -0.4 is 4.13 Å². The summed E-state index contributed by atoms with van der Waals surface area (Å²) in [6.45, 7) is 9.48. The highest BCUT2D eigenvalue weighted by molar-refractivity contribution is 8.04. The van der Waals surface area contributed by atoms with Crippen molar-refractivity contribution in [2.24, 2.45) is 5.92 Å². The van der Waals surface area contributed by atoms with Crippen molar-refractivity contribution >= 4 is 20.0 Å². The Morgan fingerprint density at radius 2 is 1.71 bits per heavy atom. The summed E-state index contributed by atoms with van der Waals surface area (Å²) in [6.07, 6.45) is -0.585. The number of nitrogens with one attached hydrogen (secondary N) is 1. The molecule has 0 heterocycles. The largest absolute Gasteiger partial charge is 0.380 e. The Labute approximate surface area is 145 Å². The highest BCUT2D eigenvalue weighted by atomic mass is 32.3. The summed E-state index contributed by atoms with van der Waals surface area (Å²) in [5.41, 5.74) is 0.558. The lowest BCUT2D eigenvalue weighted by Crippen LogP contribution is -2.38. The fourth-order valence-electron chi connectivity index (χ4n) is 2.13. The maximum atomic E-state index is 12.4. The van der Waals surface area contributed by atoms with Gasteiger partial charge < -0.3 is 4.74 Å². The van der Waals surface area contributed by atoms with Gasteiger partial charge in [0.25, 0.3) is 10.0 Å². The Kier molecular flexibility index (Phi) is 6.60. The summed E-state index contributed by atoms with van der Waals surface area (Å²) in [7, 11) is -6.82. The van der Waals surface area contributed by atoms with E-state index >= 15 is 0 Å². The minimum atomic E-state index is -4.17. The van der Waals surface area contributed by atoms with Crippen molar-refractivity contribution in [3.05, 3.63) is 29.8 Å². The minimum Gasteiger partial charge on any atom is -0.380 e. The molecule has 1 atom stereocenters. The van der Waals surface area contributed by atoms with Gasteiger partial charge in [0.05, 0.1) is 16.8 Å². The lowest BCUT2D eigenvalue weighted by molar-refractivity contribution is 0.0827. The number of sulfonamides is 2. The third kappa shape index (κ3) is 5.84.